The van der Waals surface area contributed by atoms with E-state index in [2.05, 4.69) is 10.6 Å². The Morgan fingerprint density at radius 3 is 2.71 bits per heavy atom. The van der Waals surface area contributed by atoms with E-state index in [4.69, 9.17) is 4.74 Å². The van der Waals surface area contributed by atoms with Crippen LogP contribution in [-0.4, -0.2) is 31.6 Å². The molecular formula is C17H24N2O2. The minimum atomic E-state index is -0.101. The zero-order valence-corrected chi connectivity index (χ0v) is 12.4. The second kappa shape index (κ2) is 7.05. The molecule has 4 nitrogen and oxygen atoms in total. The second-order valence-corrected chi connectivity index (χ2v) is 5.97. The molecule has 1 aliphatic carbocycles. The van der Waals surface area contributed by atoms with E-state index in [1.54, 1.807) is 0 Å². The van der Waals surface area contributed by atoms with Gasteiger partial charge < -0.3 is 15.4 Å². The first-order valence-corrected chi connectivity index (χ1v) is 8.02. The van der Waals surface area contributed by atoms with Gasteiger partial charge in [0, 0.05) is 25.7 Å². The highest BCUT2D eigenvalue weighted by Gasteiger charge is 2.32. The van der Waals surface area contributed by atoms with Crippen molar-refractivity contribution in [1.29, 1.82) is 0 Å². The van der Waals surface area contributed by atoms with E-state index in [0.717, 1.165) is 31.6 Å². The molecule has 1 amide bonds. The van der Waals surface area contributed by atoms with Crippen LogP contribution < -0.4 is 10.6 Å². The van der Waals surface area contributed by atoms with Gasteiger partial charge in [-0.3, -0.25) is 4.79 Å². The molecule has 1 aromatic carbocycles. The smallest absolute Gasteiger partial charge is 0.226 e. The Kier molecular flexibility index (Phi) is 4.88. The van der Waals surface area contributed by atoms with Gasteiger partial charge in [0.25, 0.3) is 0 Å². The lowest BCUT2D eigenvalue weighted by atomic mass is 9.89. The van der Waals surface area contributed by atoms with Crippen LogP contribution in [-0.2, 0) is 9.53 Å². The van der Waals surface area contributed by atoms with Gasteiger partial charge in [-0.25, -0.2) is 0 Å². The number of hydrogen-bond donors (Lipinski definition) is 2. The van der Waals surface area contributed by atoms with Gasteiger partial charge in [0.1, 0.15) is 0 Å². The number of carbonyl (C=O) groups is 1. The Labute approximate surface area is 126 Å². The van der Waals surface area contributed by atoms with E-state index >= 15 is 0 Å². The summed E-state index contributed by atoms with van der Waals surface area (Å²) in [6, 6.07) is 10.8. The Bertz CT molecular complexity index is 459. The van der Waals surface area contributed by atoms with Gasteiger partial charge in [0.2, 0.25) is 5.91 Å². The molecule has 2 unspecified atom stereocenters. The van der Waals surface area contributed by atoms with Crippen molar-refractivity contribution in [2.24, 2.45) is 5.92 Å². The Hall–Kier alpha value is -1.39. The number of ether oxygens (including phenoxy) is 1. The van der Waals surface area contributed by atoms with Crippen LogP contribution in [0.15, 0.2) is 30.3 Å². The summed E-state index contributed by atoms with van der Waals surface area (Å²) in [5, 5.41) is 6.47. The summed E-state index contributed by atoms with van der Waals surface area (Å²) in [6.45, 7) is 2.31. The normalized spacial score (nSPS) is 25.5. The van der Waals surface area contributed by atoms with Crippen molar-refractivity contribution in [3.63, 3.8) is 0 Å². The predicted molar refractivity (Wildman–Crippen MR) is 81.9 cm³/mol. The number of carbonyl (C=O) groups excluding carboxylic acids is 1. The quantitative estimate of drug-likeness (QED) is 0.787. The number of rotatable bonds is 6. The van der Waals surface area contributed by atoms with E-state index in [1.807, 2.05) is 30.3 Å². The van der Waals surface area contributed by atoms with Crippen molar-refractivity contribution < 1.29 is 9.53 Å². The van der Waals surface area contributed by atoms with Gasteiger partial charge in [-0.2, -0.15) is 0 Å². The summed E-state index contributed by atoms with van der Waals surface area (Å²) in [4.78, 5) is 12.4. The first kappa shape index (κ1) is 14.5. The van der Waals surface area contributed by atoms with Gasteiger partial charge >= 0.3 is 0 Å². The number of nitrogens with one attached hydrogen (secondary N) is 2. The predicted octanol–water partition coefficient (Wildman–Crippen LogP) is 2.02. The summed E-state index contributed by atoms with van der Waals surface area (Å²) >= 11 is 0. The molecule has 0 radical (unpaired) electrons. The van der Waals surface area contributed by atoms with Crippen LogP contribution in [0.25, 0.3) is 0 Å². The average Bonchev–Trinajstić information content (AvgIpc) is 3.36. The first-order chi connectivity index (χ1) is 10.3. The van der Waals surface area contributed by atoms with Gasteiger partial charge in [0.15, 0.2) is 0 Å². The molecule has 1 saturated carbocycles. The summed E-state index contributed by atoms with van der Waals surface area (Å²) in [7, 11) is 0. The molecule has 0 aromatic heterocycles. The highest BCUT2D eigenvalue weighted by Crippen LogP contribution is 2.33. The fourth-order valence-electron chi connectivity index (χ4n) is 2.90. The third kappa shape index (κ3) is 4.05. The molecule has 1 heterocycles. The van der Waals surface area contributed by atoms with Crippen LogP contribution in [0.4, 0.5) is 0 Å². The molecule has 1 saturated heterocycles. The highest BCUT2D eigenvalue weighted by atomic mass is 16.5. The minimum absolute atomic E-state index is 0.0675. The molecular weight excluding hydrogens is 264 g/mol. The van der Waals surface area contributed by atoms with E-state index in [0.29, 0.717) is 12.6 Å². The lowest BCUT2D eigenvalue weighted by Gasteiger charge is -2.31. The standard InChI is InChI=1S/C17H24N2O2/c20-17(19-11-10-18-14-8-9-14)15-7-4-12-21-16(15)13-5-2-1-3-6-13/h1-3,5-6,14-16,18H,4,7-12H2,(H,19,20). The molecule has 1 aliphatic heterocycles. The monoisotopic (exact) mass is 288 g/mol. The number of hydrogen-bond acceptors (Lipinski definition) is 3. The maximum atomic E-state index is 12.4. The summed E-state index contributed by atoms with van der Waals surface area (Å²) in [5.41, 5.74) is 1.11. The summed E-state index contributed by atoms with van der Waals surface area (Å²) < 4.78 is 5.88. The number of benzene rings is 1. The third-order valence-corrected chi connectivity index (χ3v) is 4.22. The fraction of sp³-hybridized carbons (Fsp3) is 0.588. The maximum absolute atomic E-state index is 12.4. The van der Waals surface area contributed by atoms with Crippen molar-refractivity contribution in [3.05, 3.63) is 35.9 Å². The molecule has 1 aromatic rings. The van der Waals surface area contributed by atoms with Crippen LogP contribution in [0.3, 0.4) is 0 Å². The first-order valence-electron chi connectivity index (χ1n) is 8.02. The van der Waals surface area contributed by atoms with E-state index in [-0.39, 0.29) is 17.9 Å². The van der Waals surface area contributed by atoms with E-state index < -0.39 is 0 Å². The summed E-state index contributed by atoms with van der Waals surface area (Å²) in [6.07, 6.45) is 4.32. The van der Waals surface area contributed by atoms with Crippen molar-refractivity contribution in [1.82, 2.24) is 10.6 Å². The molecule has 0 bridgehead atoms. The Balaban J connectivity index is 1.54. The average molecular weight is 288 g/mol. The fourth-order valence-corrected chi connectivity index (χ4v) is 2.90. The molecule has 4 heteroatoms. The lowest BCUT2D eigenvalue weighted by Crippen LogP contribution is -2.40. The van der Waals surface area contributed by atoms with Crippen molar-refractivity contribution in [3.8, 4) is 0 Å². The molecule has 0 spiro atoms. The zero-order valence-electron chi connectivity index (χ0n) is 12.4. The molecule has 2 atom stereocenters. The molecule has 2 N–H and O–H groups in total. The van der Waals surface area contributed by atoms with Crippen molar-refractivity contribution in [2.45, 2.75) is 37.8 Å². The topological polar surface area (TPSA) is 50.4 Å². The van der Waals surface area contributed by atoms with Gasteiger partial charge in [-0.15, -0.1) is 0 Å². The van der Waals surface area contributed by atoms with Crippen LogP contribution in [0.5, 0.6) is 0 Å². The largest absolute Gasteiger partial charge is 0.373 e. The number of amides is 1. The molecule has 114 valence electrons. The molecule has 2 fully saturated rings. The highest BCUT2D eigenvalue weighted by molar-refractivity contribution is 5.79. The maximum Gasteiger partial charge on any atom is 0.226 e. The van der Waals surface area contributed by atoms with Crippen LogP contribution in [0.2, 0.25) is 0 Å². The Morgan fingerprint density at radius 1 is 1.14 bits per heavy atom. The third-order valence-electron chi connectivity index (χ3n) is 4.22. The SMILES string of the molecule is O=C(NCCNC1CC1)C1CCCOC1c1ccccc1. The van der Waals surface area contributed by atoms with E-state index in [9.17, 15) is 4.79 Å². The van der Waals surface area contributed by atoms with Crippen LogP contribution in [0, 0.1) is 5.92 Å². The van der Waals surface area contributed by atoms with Gasteiger partial charge in [-0.05, 0) is 31.2 Å². The molecule has 2 aliphatic rings. The van der Waals surface area contributed by atoms with Gasteiger partial charge in [-0.1, -0.05) is 30.3 Å². The molecule has 21 heavy (non-hydrogen) atoms. The van der Waals surface area contributed by atoms with Crippen molar-refractivity contribution >= 4 is 5.91 Å². The zero-order chi connectivity index (χ0) is 14.5. The second-order valence-electron chi connectivity index (χ2n) is 5.97. The lowest BCUT2D eigenvalue weighted by molar-refractivity contribution is -0.134. The van der Waals surface area contributed by atoms with Crippen LogP contribution >= 0.6 is 0 Å². The van der Waals surface area contributed by atoms with Crippen LogP contribution in [0.1, 0.15) is 37.4 Å². The summed E-state index contributed by atoms with van der Waals surface area (Å²) in [5.74, 6) is 0.0585. The Morgan fingerprint density at radius 2 is 1.95 bits per heavy atom. The minimum Gasteiger partial charge on any atom is -0.373 e. The molecule has 3 rings (SSSR count). The van der Waals surface area contributed by atoms with Gasteiger partial charge in [0.05, 0.1) is 12.0 Å². The van der Waals surface area contributed by atoms with E-state index in [1.165, 1.54) is 12.8 Å². The van der Waals surface area contributed by atoms with Crippen molar-refractivity contribution in [2.75, 3.05) is 19.7 Å².